The number of benzene rings is 1. The smallest absolute Gasteiger partial charge is 0.148 e. The number of phenolic OH excluding ortho intramolecular Hbond substituents is 1. The molecule has 1 heterocycles. The average molecular weight is 276 g/mol. The highest BCUT2D eigenvalue weighted by Crippen LogP contribution is 2.27. The Kier molecular flexibility index (Phi) is 5.00. The van der Waals surface area contributed by atoms with Crippen LogP contribution >= 0.6 is 12.1 Å². The molecule has 2 rings (SSSR count). The lowest BCUT2D eigenvalue weighted by molar-refractivity contribution is 0.475. The van der Waals surface area contributed by atoms with Gasteiger partial charge in [-0.15, -0.1) is 0 Å². The van der Waals surface area contributed by atoms with Crippen molar-refractivity contribution in [3.05, 3.63) is 36.8 Å². The van der Waals surface area contributed by atoms with E-state index in [9.17, 15) is 5.11 Å². The van der Waals surface area contributed by atoms with E-state index in [0.717, 1.165) is 29.9 Å². The topological polar surface area (TPSA) is 70.1 Å². The van der Waals surface area contributed by atoms with Crippen molar-refractivity contribution in [2.75, 3.05) is 11.3 Å². The van der Waals surface area contributed by atoms with E-state index in [1.54, 1.807) is 18.3 Å². The summed E-state index contributed by atoms with van der Waals surface area (Å²) in [5.74, 6) is 0.989. The Morgan fingerprint density at radius 3 is 2.79 bits per heavy atom. The third kappa shape index (κ3) is 3.84. The van der Waals surface area contributed by atoms with Gasteiger partial charge in [0, 0.05) is 30.4 Å². The highest BCUT2D eigenvalue weighted by molar-refractivity contribution is 7.98. The van der Waals surface area contributed by atoms with Crippen LogP contribution in [0.3, 0.4) is 0 Å². The molecule has 0 fully saturated rings. The molecule has 2 aromatic rings. The fourth-order valence-corrected chi connectivity index (χ4v) is 2.14. The summed E-state index contributed by atoms with van der Waals surface area (Å²) in [6.07, 6.45) is 4.33. The quantitative estimate of drug-likeness (QED) is 0.557. The number of hydrogen-bond acceptors (Lipinski definition) is 6. The Labute approximate surface area is 116 Å². The maximum absolute atomic E-state index is 9.31. The molecule has 0 amide bonds. The van der Waals surface area contributed by atoms with E-state index < -0.39 is 0 Å². The van der Waals surface area contributed by atoms with Crippen LogP contribution in [0.1, 0.15) is 13.3 Å². The van der Waals surface area contributed by atoms with Crippen LogP contribution in [0.15, 0.2) is 36.8 Å². The van der Waals surface area contributed by atoms with E-state index in [4.69, 9.17) is 0 Å². The molecular formula is C13H16N4OS. The summed E-state index contributed by atoms with van der Waals surface area (Å²) in [6.45, 7) is 3.04. The average Bonchev–Trinajstić information content (AvgIpc) is 2.45. The summed E-state index contributed by atoms with van der Waals surface area (Å²) < 4.78 is 6.33. The number of aromatic hydroxyl groups is 1. The summed E-state index contributed by atoms with van der Waals surface area (Å²) in [6, 6.07) is 6.97. The van der Waals surface area contributed by atoms with Crippen LogP contribution in [0.25, 0.3) is 11.1 Å². The molecule has 0 atom stereocenters. The summed E-state index contributed by atoms with van der Waals surface area (Å²) in [5.41, 5.74) is 1.85. The van der Waals surface area contributed by atoms with Gasteiger partial charge in [0.2, 0.25) is 0 Å². The first-order chi connectivity index (χ1) is 9.31. The molecule has 19 heavy (non-hydrogen) atoms. The summed E-state index contributed by atoms with van der Waals surface area (Å²) in [4.78, 5) is 8.27. The lowest BCUT2D eigenvalue weighted by Gasteiger charge is -2.09. The SMILES string of the molecule is CCCNSNc1ncncc1-c1ccc(O)cc1. The molecule has 1 aromatic carbocycles. The molecule has 0 aliphatic carbocycles. The Bertz CT molecular complexity index is 518. The van der Waals surface area contributed by atoms with Crippen LogP contribution in [0.2, 0.25) is 0 Å². The van der Waals surface area contributed by atoms with Crippen LogP contribution in [0.4, 0.5) is 5.82 Å². The summed E-state index contributed by atoms with van der Waals surface area (Å²) in [7, 11) is 0. The van der Waals surface area contributed by atoms with Crippen molar-refractivity contribution in [3.63, 3.8) is 0 Å². The fraction of sp³-hybridized carbons (Fsp3) is 0.231. The van der Waals surface area contributed by atoms with Gasteiger partial charge in [0.05, 0.1) is 0 Å². The Morgan fingerprint density at radius 2 is 2.05 bits per heavy atom. The van der Waals surface area contributed by atoms with E-state index in [1.165, 1.54) is 18.5 Å². The zero-order chi connectivity index (χ0) is 13.5. The standard InChI is InChI=1S/C13H16N4OS/c1-2-7-16-19-17-13-12(8-14-9-15-13)10-3-5-11(18)6-4-10/h3-6,8-9,16,18H,2,7H2,1H3,(H,14,15,17). The summed E-state index contributed by atoms with van der Waals surface area (Å²) in [5, 5.41) is 9.31. The predicted molar refractivity (Wildman–Crippen MR) is 78.6 cm³/mol. The molecule has 0 radical (unpaired) electrons. The van der Waals surface area contributed by atoms with Crippen LogP contribution in [-0.4, -0.2) is 21.6 Å². The molecule has 0 aliphatic heterocycles. The van der Waals surface area contributed by atoms with Gasteiger partial charge in [0.25, 0.3) is 0 Å². The number of aromatic nitrogens is 2. The van der Waals surface area contributed by atoms with Gasteiger partial charge in [-0.3, -0.25) is 0 Å². The molecular weight excluding hydrogens is 260 g/mol. The van der Waals surface area contributed by atoms with Gasteiger partial charge in [-0.1, -0.05) is 19.1 Å². The zero-order valence-corrected chi connectivity index (χ0v) is 11.4. The van der Waals surface area contributed by atoms with Crippen molar-refractivity contribution >= 4 is 18.0 Å². The van der Waals surface area contributed by atoms with E-state index >= 15 is 0 Å². The Hall–Kier alpha value is -1.79. The molecule has 3 N–H and O–H groups in total. The fourth-order valence-electron chi connectivity index (χ4n) is 1.50. The van der Waals surface area contributed by atoms with Crippen LogP contribution in [0.5, 0.6) is 5.75 Å². The van der Waals surface area contributed by atoms with Crippen LogP contribution in [0, 0.1) is 0 Å². The Morgan fingerprint density at radius 1 is 1.26 bits per heavy atom. The lowest BCUT2D eigenvalue weighted by Crippen LogP contribution is -2.08. The van der Waals surface area contributed by atoms with E-state index in [1.807, 2.05) is 12.1 Å². The normalized spacial score (nSPS) is 10.4. The molecule has 5 nitrogen and oxygen atoms in total. The van der Waals surface area contributed by atoms with Gasteiger partial charge >= 0.3 is 0 Å². The molecule has 100 valence electrons. The molecule has 0 aliphatic rings. The first-order valence-electron chi connectivity index (χ1n) is 6.05. The van der Waals surface area contributed by atoms with Crippen molar-refractivity contribution in [2.24, 2.45) is 0 Å². The third-order valence-electron chi connectivity index (χ3n) is 2.46. The van der Waals surface area contributed by atoms with Gasteiger partial charge in [0.15, 0.2) is 0 Å². The second kappa shape index (κ2) is 6.96. The van der Waals surface area contributed by atoms with Crippen molar-refractivity contribution in [3.8, 4) is 16.9 Å². The highest BCUT2D eigenvalue weighted by atomic mass is 32.2. The molecule has 0 bridgehead atoms. The molecule has 1 aromatic heterocycles. The predicted octanol–water partition coefficient (Wildman–Crippen LogP) is 2.82. The molecule has 6 heteroatoms. The number of rotatable bonds is 6. The second-order valence-electron chi connectivity index (χ2n) is 3.93. The summed E-state index contributed by atoms with van der Waals surface area (Å²) >= 11 is 1.40. The second-order valence-corrected chi connectivity index (χ2v) is 4.63. The van der Waals surface area contributed by atoms with Crippen LogP contribution < -0.4 is 9.44 Å². The van der Waals surface area contributed by atoms with Crippen molar-refractivity contribution in [1.29, 1.82) is 0 Å². The highest BCUT2D eigenvalue weighted by Gasteiger charge is 2.06. The minimum atomic E-state index is 0.245. The number of phenols is 1. The first-order valence-corrected chi connectivity index (χ1v) is 6.87. The maximum Gasteiger partial charge on any atom is 0.148 e. The zero-order valence-electron chi connectivity index (χ0n) is 10.6. The van der Waals surface area contributed by atoms with Gasteiger partial charge in [-0.05, 0) is 24.1 Å². The number of nitrogens with one attached hydrogen (secondary N) is 2. The third-order valence-corrected chi connectivity index (χ3v) is 3.11. The lowest BCUT2D eigenvalue weighted by atomic mass is 10.1. The number of anilines is 1. The van der Waals surface area contributed by atoms with E-state index in [0.29, 0.717) is 0 Å². The number of hydrogen-bond donors (Lipinski definition) is 3. The Balaban J connectivity index is 2.14. The van der Waals surface area contributed by atoms with Crippen molar-refractivity contribution < 1.29 is 5.11 Å². The van der Waals surface area contributed by atoms with Crippen LogP contribution in [-0.2, 0) is 0 Å². The van der Waals surface area contributed by atoms with Crippen molar-refractivity contribution in [2.45, 2.75) is 13.3 Å². The van der Waals surface area contributed by atoms with E-state index in [2.05, 4.69) is 26.3 Å². The molecule has 0 saturated carbocycles. The van der Waals surface area contributed by atoms with Gasteiger partial charge < -0.3 is 9.83 Å². The molecule has 0 spiro atoms. The minimum absolute atomic E-state index is 0.245. The number of nitrogens with zero attached hydrogens (tertiary/aromatic N) is 2. The molecule has 0 saturated heterocycles. The molecule has 0 unspecified atom stereocenters. The van der Waals surface area contributed by atoms with Crippen molar-refractivity contribution in [1.82, 2.24) is 14.7 Å². The van der Waals surface area contributed by atoms with Gasteiger partial charge in [-0.25, -0.2) is 14.7 Å². The van der Waals surface area contributed by atoms with Gasteiger partial charge in [-0.2, -0.15) is 0 Å². The first kappa shape index (κ1) is 13.6. The van der Waals surface area contributed by atoms with E-state index in [-0.39, 0.29) is 5.75 Å². The monoisotopic (exact) mass is 276 g/mol. The van der Waals surface area contributed by atoms with Gasteiger partial charge in [0.1, 0.15) is 17.9 Å². The largest absolute Gasteiger partial charge is 0.508 e. The minimum Gasteiger partial charge on any atom is -0.508 e. The maximum atomic E-state index is 9.31.